The summed E-state index contributed by atoms with van der Waals surface area (Å²) in [4.78, 5) is 40.0. The van der Waals surface area contributed by atoms with Crippen LogP contribution in [0.25, 0.3) is 11.1 Å². The number of methoxy groups -OCH3 is 1. The Hall–Kier alpha value is -4.52. The van der Waals surface area contributed by atoms with Gasteiger partial charge in [-0.2, -0.15) is 13.2 Å². The van der Waals surface area contributed by atoms with E-state index in [1.54, 1.807) is 6.92 Å². The van der Waals surface area contributed by atoms with Gasteiger partial charge in [-0.3, -0.25) is 18.7 Å². The first-order chi connectivity index (χ1) is 22.4. The minimum Gasteiger partial charge on any atom is -0.494 e. The molecule has 0 bridgehead atoms. The molecule has 0 spiro atoms. The van der Waals surface area contributed by atoms with Gasteiger partial charge in [-0.05, 0) is 63.4 Å². The molecule has 1 heterocycles. The molecule has 2 aromatic carbocycles. The predicted octanol–water partition coefficient (Wildman–Crippen LogP) is 5.92. The van der Waals surface area contributed by atoms with Gasteiger partial charge in [0.25, 0.3) is 5.56 Å². The average molecular weight is 662 g/mol. The van der Waals surface area contributed by atoms with Crippen molar-refractivity contribution in [2.45, 2.75) is 64.8 Å². The number of halogens is 5. The fourth-order valence-electron chi connectivity index (χ4n) is 5.57. The van der Waals surface area contributed by atoms with Crippen molar-refractivity contribution < 1.29 is 36.2 Å². The molecule has 47 heavy (non-hydrogen) atoms. The summed E-state index contributed by atoms with van der Waals surface area (Å²) in [5, 5.41) is 3.26. The molecule has 13 heteroatoms. The van der Waals surface area contributed by atoms with Crippen molar-refractivity contribution in [1.82, 2.24) is 14.5 Å². The van der Waals surface area contributed by atoms with E-state index >= 15 is 8.78 Å². The number of aromatic nitrogens is 2. The highest BCUT2D eigenvalue weighted by atomic mass is 19.4. The summed E-state index contributed by atoms with van der Waals surface area (Å²) < 4.78 is 84.2. The summed E-state index contributed by atoms with van der Waals surface area (Å²) in [5.41, 5.74) is -3.93. The second kappa shape index (κ2) is 15.4. The van der Waals surface area contributed by atoms with Gasteiger partial charge in [-0.15, -0.1) is 0 Å². The number of ether oxygens (including phenoxy) is 2. The summed E-state index contributed by atoms with van der Waals surface area (Å²) >= 11 is 0. The molecule has 0 radical (unpaired) electrons. The summed E-state index contributed by atoms with van der Waals surface area (Å²) in [6, 6.07) is 5.87. The van der Waals surface area contributed by atoms with Crippen molar-refractivity contribution in [3.05, 3.63) is 109 Å². The van der Waals surface area contributed by atoms with Gasteiger partial charge < -0.3 is 14.8 Å². The number of rotatable bonds is 13. The van der Waals surface area contributed by atoms with E-state index in [-0.39, 0.29) is 48.1 Å². The summed E-state index contributed by atoms with van der Waals surface area (Å²) in [6.45, 7) is 2.35. The molecule has 0 amide bonds. The Morgan fingerprint density at radius 3 is 2.47 bits per heavy atom. The first-order valence-electron chi connectivity index (χ1n) is 15.2. The van der Waals surface area contributed by atoms with Crippen LogP contribution in [0.4, 0.5) is 22.0 Å². The monoisotopic (exact) mass is 661 g/mol. The largest absolute Gasteiger partial charge is 0.494 e. The zero-order chi connectivity index (χ0) is 34.3. The normalized spacial score (nSPS) is 13.7. The molecule has 1 aliphatic rings. The Morgan fingerprint density at radius 2 is 1.81 bits per heavy atom. The van der Waals surface area contributed by atoms with E-state index in [1.165, 1.54) is 32.2 Å². The molecule has 0 fully saturated rings. The van der Waals surface area contributed by atoms with E-state index in [9.17, 15) is 27.6 Å². The summed E-state index contributed by atoms with van der Waals surface area (Å²) in [5.74, 6) is -2.69. The minimum absolute atomic E-state index is 0.128. The van der Waals surface area contributed by atoms with Crippen LogP contribution in [-0.2, 0) is 28.8 Å². The highest BCUT2D eigenvalue weighted by Gasteiger charge is 2.35. The highest BCUT2D eigenvalue weighted by molar-refractivity contribution is 5.69. The molecule has 0 aliphatic heterocycles. The van der Waals surface area contributed by atoms with Gasteiger partial charge in [0, 0.05) is 23.2 Å². The van der Waals surface area contributed by atoms with Crippen LogP contribution in [0.1, 0.15) is 49.4 Å². The SMILES string of the molecule is CCOC(=O)CCCNC(Cn1c(=O)c(-c2cccc(OC)c2F)c(C)n(Cc2c(F)cccc2C(F)(F)F)c1=O)C1=CCCC=C1. The zero-order valence-corrected chi connectivity index (χ0v) is 26.3. The maximum absolute atomic E-state index is 15.6. The molecule has 1 atom stereocenters. The van der Waals surface area contributed by atoms with Crippen LogP contribution in [0.2, 0.25) is 0 Å². The van der Waals surface area contributed by atoms with Crippen LogP contribution in [0.5, 0.6) is 5.75 Å². The van der Waals surface area contributed by atoms with E-state index in [0.29, 0.717) is 25.5 Å². The Kier molecular flexibility index (Phi) is 11.6. The molecular weight excluding hydrogens is 625 g/mol. The third kappa shape index (κ3) is 8.07. The number of hydrogen-bond acceptors (Lipinski definition) is 6. The Labute approximate surface area is 268 Å². The number of nitrogens with one attached hydrogen (secondary N) is 1. The Bertz CT molecular complexity index is 1790. The third-order valence-electron chi connectivity index (χ3n) is 7.93. The van der Waals surface area contributed by atoms with Crippen molar-refractivity contribution in [2.24, 2.45) is 0 Å². The number of alkyl halides is 3. The molecule has 0 saturated heterocycles. The first-order valence-corrected chi connectivity index (χ1v) is 15.2. The van der Waals surface area contributed by atoms with E-state index in [1.807, 2.05) is 18.2 Å². The van der Waals surface area contributed by atoms with Crippen LogP contribution in [0, 0.1) is 18.6 Å². The molecule has 1 aromatic heterocycles. The fraction of sp³-hybridized carbons (Fsp3) is 0.382. The number of esters is 1. The lowest BCUT2D eigenvalue weighted by molar-refractivity contribution is -0.143. The molecule has 1 unspecified atom stereocenters. The Morgan fingerprint density at radius 1 is 1.06 bits per heavy atom. The van der Waals surface area contributed by atoms with Gasteiger partial charge in [0.2, 0.25) is 0 Å². The van der Waals surface area contributed by atoms with E-state index < -0.39 is 52.8 Å². The van der Waals surface area contributed by atoms with Gasteiger partial charge in [0.1, 0.15) is 5.82 Å². The van der Waals surface area contributed by atoms with Gasteiger partial charge in [0.05, 0.1) is 44.0 Å². The second-order valence-electron chi connectivity index (χ2n) is 10.9. The molecular formula is C34H36F5N3O5. The van der Waals surface area contributed by atoms with E-state index in [2.05, 4.69) is 5.32 Å². The molecule has 8 nitrogen and oxygen atoms in total. The lowest BCUT2D eigenvalue weighted by Gasteiger charge is -2.25. The zero-order valence-electron chi connectivity index (χ0n) is 26.3. The van der Waals surface area contributed by atoms with Crippen LogP contribution < -0.4 is 21.3 Å². The topological polar surface area (TPSA) is 91.6 Å². The van der Waals surface area contributed by atoms with Crippen molar-refractivity contribution in [3.8, 4) is 16.9 Å². The lowest BCUT2D eigenvalue weighted by atomic mass is 9.99. The maximum Gasteiger partial charge on any atom is 0.416 e. The van der Waals surface area contributed by atoms with Crippen molar-refractivity contribution in [2.75, 3.05) is 20.3 Å². The van der Waals surface area contributed by atoms with Crippen LogP contribution in [-0.4, -0.2) is 41.4 Å². The highest BCUT2D eigenvalue weighted by Crippen LogP contribution is 2.34. The van der Waals surface area contributed by atoms with Gasteiger partial charge in [-0.1, -0.05) is 36.4 Å². The number of allylic oxidation sites excluding steroid dienone is 2. The Balaban J connectivity index is 1.89. The first kappa shape index (κ1) is 35.3. The molecule has 1 aliphatic carbocycles. The number of carbonyl (C=O) groups is 1. The number of benzene rings is 2. The van der Waals surface area contributed by atoms with Gasteiger partial charge in [-0.25, -0.2) is 13.6 Å². The second-order valence-corrected chi connectivity index (χ2v) is 10.9. The molecule has 4 rings (SSSR count). The van der Waals surface area contributed by atoms with Crippen molar-refractivity contribution in [1.29, 1.82) is 0 Å². The quantitative estimate of drug-likeness (QED) is 0.139. The minimum atomic E-state index is -4.94. The number of nitrogens with zero attached hydrogens (tertiary/aromatic N) is 2. The third-order valence-corrected chi connectivity index (χ3v) is 7.93. The van der Waals surface area contributed by atoms with Crippen LogP contribution in [0.15, 0.2) is 69.8 Å². The van der Waals surface area contributed by atoms with E-state index in [4.69, 9.17) is 9.47 Å². The summed E-state index contributed by atoms with van der Waals surface area (Å²) in [7, 11) is 1.23. The number of carbonyl (C=O) groups excluding carboxylic acids is 1. The fourth-order valence-corrected chi connectivity index (χ4v) is 5.57. The van der Waals surface area contributed by atoms with Gasteiger partial charge >= 0.3 is 17.8 Å². The van der Waals surface area contributed by atoms with Crippen LogP contribution in [0.3, 0.4) is 0 Å². The molecule has 252 valence electrons. The van der Waals surface area contributed by atoms with Gasteiger partial charge in [0.15, 0.2) is 11.6 Å². The van der Waals surface area contributed by atoms with Crippen molar-refractivity contribution >= 4 is 5.97 Å². The molecule has 0 saturated carbocycles. The predicted molar refractivity (Wildman–Crippen MR) is 166 cm³/mol. The standard InChI is InChI=1S/C34H36F5N3O5/c1-4-47-29(43)17-10-18-40-27(22-11-6-5-7-12-22)20-42-32(44)30(23-13-8-16-28(46-3)31(23)36)21(2)41(33(42)45)19-24-25(34(37,38)39)14-9-15-26(24)35/h6,8-9,11-16,27,40H,4-5,7,10,17-20H2,1-3H3. The van der Waals surface area contributed by atoms with E-state index in [0.717, 1.165) is 33.3 Å². The average Bonchev–Trinajstić information content (AvgIpc) is 3.03. The summed E-state index contributed by atoms with van der Waals surface area (Å²) in [6.07, 6.45) is 2.72. The maximum atomic E-state index is 15.6. The lowest BCUT2D eigenvalue weighted by Crippen LogP contribution is -2.47. The smallest absolute Gasteiger partial charge is 0.416 e. The molecule has 1 N–H and O–H groups in total. The van der Waals surface area contributed by atoms with Crippen molar-refractivity contribution in [3.63, 3.8) is 0 Å². The number of hydrogen-bond donors (Lipinski definition) is 1. The van der Waals surface area contributed by atoms with Crippen LogP contribution >= 0.6 is 0 Å². The molecule has 3 aromatic rings.